The Balaban J connectivity index is 2.05. The van der Waals surface area contributed by atoms with Crippen LogP contribution >= 0.6 is 0 Å². The number of nitrogens with zero attached hydrogens (tertiary/aromatic N) is 1. The van der Waals surface area contributed by atoms with E-state index in [9.17, 15) is 0 Å². The van der Waals surface area contributed by atoms with E-state index in [4.69, 9.17) is 10.6 Å². The third kappa shape index (κ3) is 1.13. The number of fused-ring (bicyclic) bond motifs is 1. The van der Waals surface area contributed by atoms with Crippen molar-refractivity contribution in [1.29, 1.82) is 0 Å². The highest BCUT2D eigenvalue weighted by molar-refractivity contribution is 5.89. The molecule has 0 radical (unpaired) electrons. The zero-order valence-corrected chi connectivity index (χ0v) is 6.62. The molecule has 3 heteroatoms. The second-order valence-electron chi connectivity index (χ2n) is 3.32. The van der Waals surface area contributed by atoms with Crippen molar-refractivity contribution in [2.24, 2.45) is 16.8 Å². The van der Waals surface area contributed by atoms with Crippen molar-refractivity contribution < 1.29 is 4.84 Å². The van der Waals surface area contributed by atoms with Crippen LogP contribution in [0.3, 0.4) is 0 Å². The summed E-state index contributed by atoms with van der Waals surface area (Å²) in [4.78, 5) is 5.27. The smallest absolute Gasteiger partial charge is 0.135 e. The molecular formula is C8H14N2O. The fraction of sp³-hybridized carbons (Fsp3) is 0.875. The van der Waals surface area contributed by atoms with Crippen LogP contribution in [-0.4, -0.2) is 18.4 Å². The van der Waals surface area contributed by atoms with Crippen molar-refractivity contribution in [2.75, 3.05) is 6.54 Å². The predicted octanol–water partition coefficient (Wildman–Crippen LogP) is 0.890. The molecule has 1 aliphatic carbocycles. The third-order valence-electron chi connectivity index (χ3n) is 2.65. The first kappa shape index (κ1) is 7.10. The number of hydrogen-bond acceptors (Lipinski definition) is 3. The van der Waals surface area contributed by atoms with Gasteiger partial charge in [0.25, 0.3) is 0 Å². The molecule has 0 aromatic carbocycles. The first-order valence-corrected chi connectivity index (χ1v) is 4.34. The van der Waals surface area contributed by atoms with Gasteiger partial charge in [0, 0.05) is 12.5 Å². The number of nitrogens with two attached hydrogens (primary N) is 1. The maximum atomic E-state index is 5.53. The SMILES string of the molecule is NCC1=NO[C@@H]2CCCC[C@H]12. The van der Waals surface area contributed by atoms with Crippen molar-refractivity contribution in [2.45, 2.75) is 31.8 Å². The van der Waals surface area contributed by atoms with Crippen LogP contribution in [0.15, 0.2) is 5.16 Å². The summed E-state index contributed by atoms with van der Waals surface area (Å²) < 4.78 is 0. The largest absolute Gasteiger partial charge is 0.392 e. The second kappa shape index (κ2) is 2.81. The molecule has 1 fully saturated rings. The zero-order valence-electron chi connectivity index (χ0n) is 6.62. The van der Waals surface area contributed by atoms with E-state index >= 15 is 0 Å². The highest BCUT2D eigenvalue weighted by atomic mass is 16.6. The van der Waals surface area contributed by atoms with E-state index in [0.29, 0.717) is 18.6 Å². The van der Waals surface area contributed by atoms with Gasteiger partial charge in [-0.2, -0.15) is 0 Å². The molecule has 0 spiro atoms. The van der Waals surface area contributed by atoms with Crippen LogP contribution in [0.1, 0.15) is 25.7 Å². The molecule has 2 aliphatic rings. The highest BCUT2D eigenvalue weighted by Gasteiger charge is 2.34. The van der Waals surface area contributed by atoms with Gasteiger partial charge in [-0.05, 0) is 19.3 Å². The molecule has 1 saturated carbocycles. The minimum Gasteiger partial charge on any atom is -0.392 e. The van der Waals surface area contributed by atoms with E-state index in [1.165, 1.54) is 19.3 Å². The normalized spacial score (nSPS) is 35.9. The van der Waals surface area contributed by atoms with Crippen LogP contribution in [-0.2, 0) is 4.84 Å². The quantitative estimate of drug-likeness (QED) is 0.609. The lowest BCUT2D eigenvalue weighted by Gasteiger charge is -2.22. The Labute approximate surface area is 66.6 Å². The summed E-state index contributed by atoms with van der Waals surface area (Å²) in [6, 6.07) is 0. The first-order valence-electron chi connectivity index (χ1n) is 4.34. The summed E-state index contributed by atoms with van der Waals surface area (Å²) >= 11 is 0. The van der Waals surface area contributed by atoms with E-state index in [1.54, 1.807) is 0 Å². The fourth-order valence-corrected chi connectivity index (χ4v) is 2.00. The van der Waals surface area contributed by atoms with Gasteiger partial charge in [-0.1, -0.05) is 11.6 Å². The van der Waals surface area contributed by atoms with Gasteiger partial charge in [0.1, 0.15) is 6.10 Å². The standard InChI is InChI=1S/C8H14N2O/c9-5-7-6-3-1-2-4-8(6)11-10-7/h6,8H,1-5,9H2/t6-,8-/m1/s1. The van der Waals surface area contributed by atoms with E-state index in [2.05, 4.69) is 5.16 Å². The van der Waals surface area contributed by atoms with Crippen LogP contribution in [0, 0.1) is 5.92 Å². The lowest BCUT2D eigenvalue weighted by molar-refractivity contribution is 0.0397. The molecule has 2 atom stereocenters. The fourth-order valence-electron chi connectivity index (χ4n) is 2.00. The molecule has 11 heavy (non-hydrogen) atoms. The molecule has 3 nitrogen and oxygen atoms in total. The van der Waals surface area contributed by atoms with Gasteiger partial charge in [-0.15, -0.1) is 0 Å². The molecule has 0 aromatic rings. The summed E-state index contributed by atoms with van der Waals surface area (Å²) in [5, 5.41) is 3.99. The Hall–Kier alpha value is -0.570. The van der Waals surface area contributed by atoms with Crippen molar-refractivity contribution in [3.8, 4) is 0 Å². The molecule has 0 amide bonds. The maximum absolute atomic E-state index is 5.53. The van der Waals surface area contributed by atoms with Crippen molar-refractivity contribution >= 4 is 5.71 Å². The number of hydrogen-bond donors (Lipinski definition) is 1. The van der Waals surface area contributed by atoms with Gasteiger partial charge in [0.2, 0.25) is 0 Å². The summed E-state index contributed by atoms with van der Waals surface area (Å²) in [6.45, 7) is 0.571. The lowest BCUT2D eigenvalue weighted by atomic mass is 9.84. The van der Waals surface area contributed by atoms with Crippen LogP contribution in [0.2, 0.25) is 0 Å². The molecule has 1 heterocycles. The Bertz CT molecular complexity index is 179. The van der Waals surface area contributed by atoms with Crippen LogP contribution in [0.4, 0.5) is 0 Å². The van der Waals surface area contributed by atoms with Gasteiger partial charge in [0.05, 0.1) is 5.71 Å². The highest BCUT2D eigenvalue weighted by Crippen LogP contribution is 2.31. The Kier molecular flexibility index (Phi) is 1.82. The predicted molar refractivity (Wildman–Crippen MR) is 43.3 cm³/mol. The van der Waals surface area contributed by atoms with Crippen LogP contribution in [0.25, 0.3) is 0 Å². The van der Waals surface area contributed by atoms with E-state index < -0.39 is 0 Å². The average Bonchev–Trinajstić information content (AvgIpc) is 2.47. The molecule has 2 rings (SSSR count). The zero-order chi connectivity index (χ0) is 7.68. The Morgan fingerprint density at radius 2 is 2.27 bits per heavy atom. The molecule has 2 N–H and O–H groups in total. The van der Waals surface area contributed by atoms with E-state index in [1.807, 2.05) is 0 Å². The van der Waals surface area contributed by atoms with Gasteiger partial charge in [-0.25, -0.2) is 0 Å². The molecule has 0 aromatic heterocycles. The van der Waals surface area contributed by atoms with Crippen LogP contribution in [0.5, 0.6) is 0 Å². The third-order valence-corrected chi connectivity index (χ3v) is 2.65. The van der Waals surface area contributed by atoms with Gasteiger partial charge < -0.3 is 10.6 Å². The first-order chi connectivity index (χ1) is 5.42. The molecule has 0 unspecified atom stereocenters. The molecule has 0 bridgehead atoms. The minimum atomic E-state index is 0.363. The molecule has 62 valence electrons. The van der Waals surface area contributed by atoms with Gasteiger partial charge >= 0.3 is 0 Å². The summed E-state index contributed by atoms with van der Waals surface area (Å²) in [5.41, 5.74) is 6.61. The van der Waals surface area contributed by atoms with Crippen molar-refractivity contribution in [3.05, 3.63) is 0 Å². The summed E-state index contributed by atoms with van der Waals surface area (Å²) in [7, 11) is 0. The van der Waals surface area contributed by atoms with E-state index in [0.717, 1.165) is 12.1 Å². The maximum Gasteiger partial charge on any atom is 0.135 e. The summed E-state index contributed by atoms with van der Waals surface area (Å²) in [5.74, 6) is 0.550. The topological polar surface area (TPSA) is 47.6 Å². The van der Waals surface area contributed by atoms with Crippen molar-refractivity contribution in [1.82, 2.24) is 0 Å². The van der Waals surface area contributed by atoms with Gasteiger partial charge in [-0.3, -0.25) is 0 Å². The Morgan fingerprint density at radius 1 is 1.45 bits per heavy atom. The molecular weight excluding hydrogens is 140 g/mol. The number of oxime groups is 1. The number of rotatable bonds is 1. The lowest BCUT2D eigenvalue weighted by Crippen LogP contribution is -2.30. The van der Waals surface area contributed by atoms with Crippen LogP contribution < -0.4 is 5.73 Å². The Morgan fingerprint density at radius 3 is 3.09 bits per heavy atom. The average molecular weight is 154 g/mol. The van der Waals surface area contributed by atoms with Gasteiger partial charge in [0.15, 0.2) is 0 Å². The summed E-state index contributed by atoms with van der Waals surface area (Å²) in [6.07, 6.45) is 5.35. The molecule has 0 saturated heterocycles. The van der Waals surface area contributed by atoms with E-state index in [-0.39, 0.29) is 0 Å². The minimum absolute atomic E-state index is 0.363. The molecule has 1 aliphatic heterocycles. The second-order valence-corrected chi connectivity index (χ2v) is 3.32. The monoisotopic (exact) mass is 154 g/mol. The van der Waals surface area contributed by atoms with Crippen molar-refractivity contribution in [3.63, 3.8) is 0 Å².